The third-order valence-electron chi connectivity index (χ3n) is 4.31. The van der Waals surface area contributed by atoms with E-state index >= 15 is 0 Å². The Morgan fingerprint density at radius 3 is 2.52 bits per heavy atom. The number of hydrogen-bond donors (Lipinski definition) is 2. The Labute approximate surface area is 185 Å². The van der Waals surface area contributed by atoms with Crippen LogP contribution < -0.4 is 5.32 Å². The molecule has 0 bridgehead atoms. The van der Waals surface area contributed by atoms with E-state index in [1.54, 1.807) is 42.5 Å². The maximum absolute atomic E-state index is 12.0. The van der Waals surface area contributed by atoms with Crippen LogP contribution in [0, 0.1) is 0 Å². The molecule has 0 fully saturated rings. The van der Waals surface area contributed by atoms with Crippen molar-refractivity contribution in [2.24, 2.45) is 0 Å². The highest BCUT2D eigenvalue weighted by molar-refractivity contribution is 9.10. The van der Waals surface area contributed by atoms with Crippen LogP contribution in [0.15, 0.2) is 64.8 Å². The predicted molar refractivity (Wildman–Crippen MR) is 118 cm³/mol. The van der Waals surface area contributed by atoms with E-state index in [1.807, 2.05) is 0 Å². The van der Waals surface area contributed by atoms with E-state index in [-0.39, 0.29) is 11.3 Å². The molecule has 31 heavy (non-hydrogen) atoms. The Kier molecular flexibility index (Phi) is 6.66. The molecular formula is C22H17BrN2O6. The molecule has 0 amide bonds. The number of carboxylic acids is 1. The molecule has 0 aliphatic heterocycles. The van der Waals surface area contributed by atoms with Crippen LogP contribution >= 0.6 is 15.9 Å². The Morgan fingerprint density at radius 2 is 1.84 bits per heavy atom. The first-order chi connectivity index (χ1) is 14.8. The molecule has 0 unspecified atom stereocenters. The lowest BCUT2D eigenvalue weighted by molar-refractivity contribution is -0.138. The van der Waals surface area contributed by atoms with Gasteiger partial charge in [-0.25, -0.2) is 19.4 Å². The van der Waals surface area contributed by atoms with E-state index in [2.05, 4.69) is 35.7 Å². The summed E-state index contributed by atoms with van der Waals surface area (Å²) in [6, 6.07) is 13.5. The molecule has 0 aliphatic rings. The average molecular weight is 485 g/mol. The number of aromatic carboxylic acids is 1. The van der Waals surface area contributed by atoms with E-state index in [0.29, 0.717) is 27.8 Å². The van der Waals surface area contributed by atoms with Gasteiger partial charge in [0.25, 0.3) is 0 Å². The summed E-state index contributed by atoms with van der Waals surface area (Å²) >= 11 is 3.35. The Hall–Kier alpha value is -3.72. The smallest absolute Gasteiger partial charge is 0.354 e. The van der Waals surface area contributed by atoms with Crippen molar-refractivity contribution in [1.82, 2.24) is 4.98 Å². The van der Waals surface area contributed by atoms with Gasteiger partial charge in [0.2, 0.25) is 0 Å². The van der Waals surface area contributed by atoms with Crippen LogP contribution in [0.4, 0.5) is 5.69 Å². The number of benzene rings is 2. The summed E-state index contributed by atoms with van der Waals surface area (Å²) in [5.74, 6) is -2.55. The van der Waals surface area contributed by atoms with Gasteiger partial charge >= 0.3 is 17.9 Å². The van der Waals surface area contributed by atoms with Gasteiger partial charge in [-0.3, -0.25) is 0 Å². The SMILES string of the molecule is COC(=O)/C=C(/Nc1cccc(-c2cc(C(=O)O)c3cc(Br)ccc3n2)c1)C(=O)OC. The lowest BCUT2D eigenvalue weighted by Crippen LogP contribution is -2.15. The van der Waals surface area contributed by atoms with Gasteiger partial charge in [0.1, 0.15) is 5.70 Å². The zero-order valence-electron chi connectivity index (χ0n) is 16.5. The van der Waals surface area contributed by atoms with Gasteiger partial charge in [0, 0.05) is 21.1 Å². The zero-order chi connectivity index (χ0) is 22.5. The van der Waals surface area contributed by atoms with Gasteiger partial charge in [-0.05, 0) is 36.4 Å². The van der Waals surface area contributed by atoms with Gasteiger partial charge in [0.05, 0.1) is 37.1 Å². The summed E-state index contributed by atoms with van der Waals surface area (Å²) in [4.78, 5) is 39.9. The van der Waals surface area contributed by atoms with Crippen LogP contribution in [0.1, 0.15) is 10.4 Å². The highest BCUT2D eigenvalue weighted by Crippen LogP contribution is 2.28. The van der Waals surface area contributed by atoms with E-state index in [4.69, 9.17) is 0 Å². The van der Waals surface area contributed by atoms with Gasteiger partial charge < -0.3 is 19.9 Å². The molecule has 158 valence electrons. The highest BCUT2D eigenvalue weighted by atomic mass is 79.9. The number of fused-ring (bicyclic) bond motifs is 1. The van der Waals surface area contributed by atoms with Crippen molar-refractivity contribution in [2.45, 2.75) is 0 Å². The highest BCUT2D eigenvalue weighted by Gasteiger charge is 2.15. The number of ether oxygens (including phenoxy) is 2. The maximum Gasteiger partial charge on any atom is 0.354 e. The predicted octanol–water partition coefficient (Wildman–Crippen LogP) is 4.00. The monoisotopic (exact) mass is 484 g/mol. The van der Waals surface area contributed by atoms with Crippen LogP contribution in [0.3, 0.4) is 0 Å². The van der Waals surface area contributed by atoms with Crippen LogP contribution in [0.2, 0.25) is 0 Å². The Bertz CT molecular complexity index is 1220. The van der Waals surface area contributed by atoms with E-state index in [9.17, 15) is 19.5 Å². The Morgan fingerprint density at radius 1 is 1.06 bits per heavy atom. The summed E-state index contributed by atoms with van der Waals surface area (Å²) < 4.78 is 9.99. The zero-order valence-corrected chi connectivity index (χ0v) is 18.1. The number of pyridine rings is 1. The molecule has 9 heteroatoms. The quantitative estimate of drug-likeness (QED) is 0.398. The van der Waals surface area contributed by atoms with Crippen molar-refractivity contribution < 1.29 is 29.0 Å². The number of hydrogen-bond acceptors (Lipinski definition) is 7. The minimum absolute atomic E-state index is 0.112. The second-order valence-electron chi connectivity index (χ2n) is 6.30. The number of carbonyl (C=O) groups is 3. The number of nitrogens with one attached hydrogen (secondary N) is 1. The number of anilines is 1. The van der Waals surface area contributed by atoms with Crippen LogP contribution in [0.25, 0.3) is 22.2 Å². The fraction of sp³-hybridized carbons (Fsp3) is 0.0909. The lowest BCUT2D eigenvalue weighted by Gasteiger charge is -2.11. The van der Waals surface area contributed by atoms with Gasteiger partial charge in [0.15, 0.2) is 0 Å². The molecule has 0 radical (unpaired) electrons. The second kappa shape index (κ2) is 9.40. The molecule has 2 N–H and O–H groups in total. The van der Waals surface area contributed by atoms with Crippen LogP contribution in [-0.4, -0.2) is 42.2 Å². The maximum atomic E-state index is 12.0. The standard InChI is InChI=1S/C22H17BrN2O6/c1-30-20(26)11-19(22(29)31-2)24-14-5-3-4-12(8-14)18-10-16(21(27)28)15-9-13(23)6-7-17(15)25-18/h3-11,24H,1-2H3,(H,27,28)/b19-11+. The number of carboxylic acid groups (broad SMARTS) is 1. The molecule has 0 spiro atoms. The minimum Gasteiger partial charge on any atom is -0.478 e. The van der Waals surface area contributed by atoms with E-state index in [0.717, 1.165) is 10.5 Å². The number of aromatic nitrogens is 1. The molecule has 8 nitrogen and oxygen atoms in total. The molecule has 0 saturated heterocycles. The molecular weight excluding hydrogens is 468 g/mol. The molecule has 3 aromatic rings. The first-order valence-corrected chi connectivity index (χ1v) is 9.70. The molecule has 0 saturated carbocycles. The number of methoxy groups -OCH3 is 2. The summed E-state index contributed by atoms with van der Waals surface area (Å²) in [6.45, 7) is 0. The summed E-state index contributed by atoms with van der Waals surface area (Å²) in [5.41, 5.74) is 2.03. The van der Waals surface area contributed by atoms with Crippen molar-refractivity contribution in [3.63, 3.8) is 0 Å². The minimum atomic E-state index is -1.07. The van der Waals surface area contributed by atoms with Crippen molar-refractivity contribution in [3.8, 4) is 11.3 Å². The molecule has 0 atom stereocenters. The fourth-order valence-electron chi connectivity index (χ4n) is 2.87. The number of nitrogens with zero attached hydrogens (tertiary/aromatic N) is 1. The second-order valence-corrected chi connectivity index (χ2v) is 7.22. The third-order valence-corrected chi connectivity index (χ3v) is 4.80. The topological polar surface area (TPSA) is 115 Å². The molecule has 1 heterocycles. The van der Waals surface area contributed by atoms with E-state index < -0.39 is 17.9 Å². The Balaban J connectivity index is 2.05. The van der Waals surface area contributed by atoms with Crippen LogP contribution in [0.5, 0.6) is 0 Å². The summed E-state index contributed by atoms with van der Waals surface area (Å²) in [5, 5.41) is 13.0. The molecule has 0 aliphatic carbocycles. The van der Waals surface area contributed by atoms with Crippen LogP contribution in [-0.2, 0) is 19.1 Å². The molecule has 3 rings (SSSR count). The lowest BCUT2D eigenvalue weighted by atomic mass is 10.0. The largest absolute Gasteiger partial charge is 0.478 e. The number of carbonyl (C=O) groups excluding carboxylic acids is 2. The van der Waals surface area contributed by atoms with Gasteiger partial charge in [-0.1, -0.05) is 28.1 Å². The molecule has 2 aromatic carbocycles. The summed E-state index contributed by atoms with van der Waals surface area (Å²) in [6.07, 6.45) is 0.979. The van der Waals surface area contributed by atoms with Gasteiger partial charge in [-0.2, -0.15) is 0 Å². The first kappa shape index (κ1) is 22.0. The normalized spacial score (nSPS) is 11.1. The fourth-order valence-corrected chi connectivity index (χ4v) is 3.23. The molecule has 1 aromatic heterocycles. The first-order valence-electron chi connectivity index (χ1n) is 8.91. The average Bonchev–Trinajstić information content (AvgIpc) is 2.77. The van der Waals surface area contributed by atoms with E-state index in [1.165, 1.54) is 20.3 Å². The number of esters is 2. The van der Waals surface area contributed by atoms with Crippen molar-refractivity contribution in [2.75, 3.05) is 19.5 Å². The van der Waals surface area contributed by atoms with Crippen molar-refractivity contribution >= 4 is 50.4 Å². The van der Waals surface area contributed by atoms with Gasteiger partial charge in [-0.15, -0.1) is 0 Å². The number of rotatable bonds is 6. The van der Waals surface area contributed by atoms with Crippen molar-refractivity contribution in [3.05, 3.63) is 70.3 Å². The van der Waals surface area contributed by atoms with Crippen molar-refractivity contribution in [1.29, 1.82) is 0 Å². The number of halogens is 1. The summed E-state index contributed by atoms with van der Waals surface area (Å²) in [7, 11) is 2.38. The third kappa shape index (κ3) is 5.07.